The zero-order valence-electron chi connectivity index (χ0n) is 12.4. The van der Waals surface area contributed by atoms with E-state index in [1.165, 1.54) is 31.5 Å². The molecule has 0 radical (unpaired) electrons. The molecule has 1 N–H and O–H groups in total. The maximum atomic E-state index is 4.19. The molecule has 4 nitrogen and oxygen atoms in total. The highest BCUT2D eigenvalue weighted by Crippen LogP contribution is 2.38. The minimum Gasteiger partial charge on any atom is -0.311 e. The van der Waals surface area contributed by atoms with E-state index in [0.717, 1.165) is 12.8 Å². The third kappa shape index (κ3) is 2.65. The summed E-state index contributed by atoms with van der Waals surface area (Å²) in [5.74, 6) is 0. The van der Waals surface area contributed by atoms with Gasteiger partial charge in [0.15, 0.2) is 0 Å². The second-order valence-electron chi connectivity index (χ2n) is 5.40. The van der Waals surface area contributed by atoms with E-state index in [2.05, 4.69) is 34.0 Å². The summed E-state index contributed by atoms with van der Waals surface area (Å²) in [5.41, 5.74) is 1.37. The summed E-state index contributed by atoms with van der Waals surface area (Å²) in [5, 5.41) is 3.52. The second-order valence-corrected chi connectivity index (χ2v) is 5.40. The minimum absolute atomic E-state index is 0.177. The maximum Gasteiger partial charge on any atom is 0.115 e. The Kier molecular flexibility index (Phi) is 4.88. The number of likely N-dealkylation sites (N-methyl/N-ethyl adjacent to an activating group) is 1. The molecule has 1 atom stereocenters. The maximum absolute atomic E-state index is 4.19. The molecule has 106 valence electrons. The van der Waals surface area contributed by atoms with Crippen molar-refractivity contribution in [3.05, 3.63) is 24.3 Å². The van der Waals surface area contributed by atoms with Crippen LogP contribution in [0.1, 0.15) is 51.1 Å². The number of aromatic nitrogens is 2. The van der Waals surface area contributed by atoms with Crippen LogP contribution >= 0.6 is 0 Å². The Morgan fingerprint density at radius 2 is 1.79 bits per heavy atom. The van der Waals surface area contributed by atoms with Crippen LogP contribution in [-0.2, 0) is 0 Å². The molecule has 0 bridgehead atoms. The van der Waals surface area contributed by atoms with E-state index >= 15 is 0 Å². The molecule has 0 spiro atoms. The number of nitrogens with zero attached hydrogens (tertiary/aromatic N) is 3. The molecular formula is C15H26N4. The molecule has 1 unspecified atom stereocenters. The van der Waals surface area contributed by atoms with Gasteiger partial charge < -0.3 is 5.32 Å². The highest BCUT2D eigenvalue weighted by atomic mass is 15.2. The Morgan fingerprint density at radius 1 is 1.21 bits per heavy atom. The van der Waals surface area contributed by atoms with Crippen LogP contribution in [0, 0.1) is 0 Å². The first-order chi connectivity index (χ1) is 9.28. The zero-order valence-corrected chi connectivity index (χ0v) is 12.4. The van der Waals surface area contributed by atoms with Gasteiger partial charge in [-0.25, -0.2) is 9.97 Å². The molecule has 0 amide bonds. The fraction of sp³-hybridized carbons (Fsp3) is 0.733. The largest absolute Gasteiger partial charge is 0.311 e. The topological polar surface area (TPSA) is 41.1 Å². The number of nitrogens with one attached hydrogen (secondary N) is 1. The van der Waals surface area contributed by atoms with E-state index in [1.54, 1.807) is 6.33 Å². The first-order valence-corrected chi connectivity index (χ1v) is 7.45. The summed E-state index contributed by atoms with van der Waals surface area (Å²) in [6, 6.07) is 0.293. The van der Waals surface area contributed by atoms with Crippen LogP contribution in [0.25, 0.3) is 0 Å². The lowest BCUT2D eigenvalue weighted by atomic mass is 9.80. The Morgan fingerprint density at radius 3 is 2.26 bits per heavy atom. The monoisotopic (exact) mass is 262 g/mol. The molecule has 0 saturated carbocycles. The predicted molar refractivity (Wildman–Crippen MR) is 78.0 cm³/mol. The van der Waals surface area contributed by atoms with Gasteiger partial charge in [-0.1, -0.05) is 13.8 Å². The van der Waals surface area contributed by atoms with Gasteiger partial charge in [-0.05, 0) is 45.8 Å². The Labute approximate surface area is 116 Å². The summed E-state index contributed by atoms with van der Waals surface area (Å²) >= 11 is 0. The van der Waals surface area contributed by atoms with Crippen molar-refractivity contribution in [3.8, 4) is 0 Å². The lowest BCUT2D eigenvalue weighted by Crippen LogP contribution is -2.54. The van der Waals surface area contributed by atoms with Crippen molar-refractivity contribution in [1.29, 1.82) is 0 Å². The van der Waals surface area contributed by atoms with Crippen molar-refractivity contribution in [2.75, 3.05) is 20.1 Å². The fourth-order valence-electron chi connectivity index (χ4n) is 3.66. The van der Waals surface area contributed by atoms with Crippen LogP contribution in [0.15, 0.2) is 18.7 Å². The van der Waals surface area contributed by atoms with Gasteiger partial charge in [0.2, 0.25) is 0 Å². The molecule has 1 saturated heterocycles. The third-order valence-electron chi connectivity index (χ3n) is 4.70. The highest BCUT2D eigenvalue weighted by Gasteiger charge is 2.42. The van der Waals surface area contributed by atoms with Crippen molar-refractivity contribution in [2.45, 2.75) is 51.1 Å². The van der Waals surface area contributed by atoms with Gasteiger partial charge >= 0.3 is 0 Å². The first-order valence-electron chi connectivity index (χ1n) is 7.45. The van der Waals surface area contributed by atoms with E-state index in [4.69, 9.17) is 0 Å². The molecular weight excluding hydrogens is 236 g/mol. The van der Waals surface area contributed by atoms with Crippen molar-refractivity contribution < 1.29 is 0 Å². The van der Waals surface area contributed by atoms with Crippen LogP contribution in [0.3, 0.4) is 0 Å². The first kappa shape index (κ1) is 14.4. The number of rotatable bonds is 6. The van der Waals surface area contributed by atoms with E-state index in [0.29, 0.717) is 6.04 Å². The van der Waals surface area contributed by atoms with Gasteiger partial charge in [-0.3, -0.25) is 4.90 Å². The van der Waals surface area contributed by atoms with Crippen LogP contribution in [0.4, 0.5) is 0 Å². The van der Waals surface area contributed by atoms with E-state index in [9.17, 15) is 0 Å². The molecule has 0 aromatic carbocycles. The molecule has 2 rings (SSSR count). The summed E-state index contributed by atoms with van der Waals surface area (Å²) in [6.07, 6.45) is 10.4. The van der Waals surface area contributed by atoms with Gasteiger partial charge in [-0.15, -0.1) is 0 Å². The van der Waals surface area contributed by atoms with Crippen molar-refractivity contribution in [3.63, 3.8) is 0 Å². The molecule has 2 heterocycles. The number of hydrogen-bond acceptors (Lipinski definition) is 4. The predicted octanol–water partition coefficient (Wildman–Crippen LogP) is 2.39. The van der Waals surface area contributed by atoms with Gasteiger partial charge in [0, 0.05) is 23.5 Å². The Balaban J connectivity index is 2.35. The van der Waals surface area contributed by atoms with Crippen molar-refractivity contribution >= 4 is 0 Å². The van der Waals surface area contributed by atoms with Crippen molar-refractivity contribution in [2.24, 2.45) is 0 Å². The standard InChI is InChI=1S/C15H26N4/c1-4-15(5-2,19-8-6-7-9-19)14(16-3)13-10-17-12-18-11-13/h10-12,14,16H,4-9H2,1-3H3. The normalized spacial score (nSPS) is 18.7. The Bertz CT molecular complexity index is 369. The molecule has 1 aliphatic rings. The zero-order chi connectivity index (χ0) is 13.7. The third-order valence-corrected chi connectivity index (χ3v) is 4.70. The number of likely N-dealkylation sites (tertiary alicyclic amines) is 1. The summed E-state index contributed by atoms with van der Waals surface area (Å²) in [6.45, 7) is 7.03. The van der Waals surface area contributed by atoms with E-state index in [1.807, 2.05) is 19.4 Å². The fourth-order valence-corrected chi connectivity index (χ4v) is 3.66. The lowest BCUT2D eigenvalue weighted by Gasteiger charge is -2.46. The molecule has 1 aliphatic heterocycles. The number of hydrogen-bond donors (Lipinski definition) is 1. The average molecular weight is 262 g/mol. The molecule has 0 aliphatic carbocycles. The molecule has 1 aromatic rings. The summed E-state index contributed by atoms with van der Waals surface area (Å²) in [7, 11) is 2.05. The molecule has 19 heavy (non-hydrogen) atoms. The summed E-state index contributed by atoms with van der Waals surface area (Å²) in [4.78, 5) is 11.1. The summed E-state index contributed by atoms with van der Waals surface area (Å²) < 4.78 is 0. The van der Waals surface area contributed by atoms with Crippen molar-refractivity contribution in [1.82, 2.24) is 20.2 Å². The van der Waals surface area contributed by atoms with Crippen LogP contribution in [-0.4, -0.2) is 40.5 Å². The minimum atomic E-state index is 0.177. The van der Waals surface area contributed by atoms with Crippen LogP contribution in [0.5, 0.6) is 0 Å². The van der Waals surface area contributed by atoms with E-state index < -0.39 is 0 Å². The second kappa shape index (κ2) is 6.44. The van der Waals surface area contributed by atoms with Gasteiger partial charge in [0.05, 0.1) is 6.04 Å². The quantitative estimate of drug-likeness (QED) is 0.854. The smallest absolute Gasteiger partial charge is 0.115 e. The van der Waals surface area contributed by atoms with Crippen LogP contribution in [0.2, 0.25) is 0 Å². The van der Waals surface area contributed by atoms with Crippen LogP contribution < -0.4 is 5.32 Å². The van der Waals surface area contributed by atoms with Gasteiger partial charge in [0.1, 0.15) is 6.33 Å². The Hall–Kier alpha value is -1.00. The molecule has 1 aromatic heterocycles. The SMILES string of the molecule is CCC(CC)(C(NC)c1cncnc1)N1CCCC1. The van der Waals surface area contributed by atoms with E-state index in [-0.39, 0.29) is 5.54 Å². The van der Waals surface area contributed by atoms with Gasteiger partial charge in [0.25, 0.3) is 0 Å². The highest BCUT2D eigenvalue weighted by molar-refractivity contribution is 5.17. The molecule has 4 heteroatoms. The average Bonchev–Trinajstić information content (AvgIpc) is 3.00. The lowest BCUT2D eigenvalue weighted by molar-refractivity contribution is 0.0644. The van der Waals surface area contributed by atoms with Gasteiger partial charge in [-0.2, -0.15) is 0 Å². The molecule has 1 fully saturated rings.